The van der Waals surface area contributed by atoms with Gasteiger partial charge in [0.15, 0.2) is 5.65 Å². The molecule has 0 saturated carbocycles. The molecule has 0 aliphatic heterocycles. The molecule has 98 valence electrons. The van der Waals surface area contributed by atoms with Gasteiger partial charge in [-0.3, -0.25) is 4.21 Å². The van der Waals surface area contributed by atoms with Crippen LogP contribution in [-0.4, -0.2) is 30.2 Å². The fourth-order valence-electron chi connectivity index (χ4n) is 1.82. The minimum atomic E-state index is -0.790. The molecule has 1 atom stereocenters. The van der Waals surface area contributed by atoms with E-state index in [0.29, 0.717) is 23.9 Å². The van der Waals surface area contributed by atoms with Crippen molar-refractivity contribution in [1.29, 1.82) is 0 Å². The van der Waals surface area contributed by atoms with E-state index in [2.05, 4.69) is 9.97 Å². The summed E-state index contributed by atoms with van der Waals surface area (Å²) in [7, 11) is -0.790. The summed E-state index contributed by atoms with van der Waals surface area (Å²) >= 11 is 5.91. The summed E-state index contributed by atoms with van der Waals surface area (Å²) in [6.45, 7) is 4.52. The normalized spacial score (nSPS) is 13.1. The lowest BCUT2D eigenvalue weighted by atomic mass is 10.3. The van der Waals surface area contributed by atoms with Gasteiger partial charge >= 0.3 is 0 Å². The highest BCUT2D eigenvalue weighted by Gasteiger charge is 2.11. The van der Waals surface area contributed by atoms with Crippen LogP contribution in [0.15, 0.2) is 12.1 Å². The summed E-state index contributed by atoms with van der Waals surface area (Å²) in [5.74, 6) is 2.42. The second kappa shape index (κ2) is 5.80. The molecule has 2 heterocycles. The number of pyridine rings is 1. The monoisotopic (exact) mass is 285 g/mol. The largest absolute Gasteiger partial charge is 0.311 e. The number of imidazole rings is 1. The van der Waals surface area contributed by atoms with Crippen LogP contribution in [0.5, 0.6) is 0 Å². The van der Waals surface area contributed by atoms with Gasteiger partial charge in [-0.25, -0.2) is 9.97 Å². The standard InChI is InChI=1S/C12H16ClN3OS/c1-3-18(17)7-6-16-11(8-13)15-10-5-4-9(2)14-12(10)16/h4-5H,3,6-8H2,1-2H3. The molecule has 0 radical (unpaired) electrons. The Balaban J connectivity index is 2.39. The van der Waals surface area contributed by atoms with E-state index >= 15 is 0 Å². The van der Waals surface area contributed by atoms with Crippen molar-refractivity contribution in [2.24, 2.45) is 0 Å². The zero-order valence-corrected chi connectivity index (χ0v) is 12.1. The van der Waals surface area contributed by atoms with Gasteiger partial charge in [0.1, 0.15) is 11.3 Å². The van der Waals surface area contributed by atoms with Crippen LogP contribution < -0.4 is 0 Å². The zero-order chi connectivity index (χ0) is 13.1. The Labute approximate surface area is 114 Å². The lowest BCUT2D eigenvalue weighted by molar-refractivity contribution is 0.672. The van der Waals surface area contributed by atoms with Crippen LogP contribution in [0.25, 0.3) is 11.2 Å². The molecular formula is C12H16ClN3OS. The van der Waals surface area contributed by atoms with Crippen LogP contribution in [-0.2, 0) is 23.2 Å². The van der Waals surface area contributed by atoms with Gasteiger partial charge in [-0.1, -0.05) is 6.92 Å². The van der Waals surface area contributed by atoms with Crippen LogP contribution >= 0.6 is 11.6 Å². The first-order valence-electron chi connectivity index (χ1n) is 5.89. The number of alkyl halides is 1. The Bertz CT molecular complexity index is 582. The van der Waals surface area contributed by atoms with E-state index in [0.717, 1.165) is 22.7 Å². The highest BCUT2D eigenvalue weighted by molar-refractivity contribution is 7.84. The molecule has 0 bridgehead atoms. The minimum absolute atomic E-state index is 0.341. The van der Waals surface area contributed by atoms with Crippen LogP contribution in [0.2, 0.25) is 0 Å². The topological polar surface area (TPSA) is 47.8 Å². The van der Waals surface area contributed by atoms with Crippen molar-refractivity contribution in [3.8, 4) is 0 Å². The van der Waals surface area contributed by atoms with Crippen molar-refractivity contribution in [3.05, 3.63) is 23.7 Å². The predicted molar refractivity (Wildman–Crippen MR) is 75.4 cm³/mol. The quantitative estimate of drug-likeness (QED) is 0.792. The minimum Gasteiger partial charge on any atom is -0.311 e. The molecule has 18 heavy (non-hydrogen) atoms. The van der Waals surface area contributed by atoms with Crippen molar-refractivity contribution in [3.63, 3.8) is 0 Å². The second-order valence-electron chi connectivity index (χ2n) is 4.04. The fourth-order valence-corrected chi connectivity index (χ4v) is 2.70. The first-order valence-corrected chi connectivity index (χ1v) is 7.91. The summed E-state index contributed by atoms with van der Waals surface area (Å²) in [5, 5.41) is 0. The Kier molecular flexibility index (Phi) is 4.35. The number of halogens is 1. The number of aryl methyl sites for hydroxylation is 2. The maximum Gasteiger partial charge on any atom is 0.160 e. The molecular weight excluding hydrogens is 270 g/mol. The van der Waals surface area contributed by atoms with E-state index in [9.17, 15) is 4.21 Å². The number of hydrogen-bond acceptors (Lipinski definition) is 3. The maximum absolute atomic E-state index is 11.5. The van der Waals surface area contributed by atoms with E-state index in [1.54, 1.807) is 0 Å². The van der Waals surface area contributed by atoms with Gasteiger partial charge in [0.25, 0.3) is 0 Å². The van der Waals surface area contributed by atoms with Crippen molar-refractivity contribution in [2.75, 3.05) is 11.5 Å². The van der Waals surface area contributed by atoms with Gasteiger partial charge in [-0.2, -0.15) is 0 Å². The molecule has 2 aromatic heterocycles. The third kappa shape index (κ3) is 2.72. The summed E-state index contributed by atoms with van der Waals surface area (Å²) in [4.78, 5) is 8.94. The van der Waals surface area contributed by atoms with E-state index in [1.165, 1.54) is 0 Å². The van der Waals surface area contributed by atoms with Gasteiger partial charge in [0.05, 0.1) is 5.88 Å². The number of fused-ring (bicyclic) bond motifs is 1. The molecule has 0 N–H and O–H groups in total. The molecule has 4 nitrogen and oxygen atoms in total. The van der Waals surface area contributed by atoms with Crippen LogP contribution in [0.4, 0.5) is 0 Å². The zero-order valence-electron chi connectivity index (χ0n) is 10.5. The average Bonchev–Trinajstić information content (AvgIpc) is 2.73. The molecule has 0 spiro atoms. The molecule has 2 aromatic rings. The number of hydrogen-bond donors (Lipinski definition) is 0. The van der Waals surface area contributed by atoms with Crippen LogP contribution in [0.1, 0.15) is 18.4 Å². The van der Waals surface area contributed by atoms with Crippen LogP contribution in [0, 0.1) is 6.92 Å². The van der Waals surface area contributed by atoms with Gasteiger partial charge in [0.2, 0.25) is 0 Å². The van der Waals surface area contributed by atoms with E-state index in [4.69, 9.17) is 11.6 Å². The Morgan fingerprint density at radius 1 is 1.39 bits per heavy atom. The predicted octanol–water partition coefficient (Wildman–Crippen LogP) is 2.25. The summed E-state index contributed by atoms with van der Waals surface area (Å²) in [6, 6.07) is 3.88. The molecule has 0 saturated heterocycles. The molecule has 1 unspecified atom stereocenters. The summed E-state index contributed by atoms with van der Waals surface area (Å²) in [6.07, 6.45) is 0. The third-order valence-corrected chi connectivity index (χ3v) is 4.32. The third-order valence-electron chi connectivity index (χ3n) is 2.79. The van der Waals surface area contributed by atoms with E-state index in [-0.39, 0.29) is 0 Å². The Hall–Kier alpha value is -0.940. The summed E-state index contributed by atoms with van der Waals surface area (Å²) in [5.41, 5.74) is 2.62. The fraction of sp³-hybridized carbons (Fsp3) is 0.500. The maximum atomic E-state index is 11.5. The van der Waals surface area contributed by atoms with Gasteiger partial charge in [0, 0.05) is 34.5 Å². The lowest BCUT2D eigenvalue weighted by Gasteiger charge is -2.06. The highest BCUT2D eigenvalue weighted by Crippen LogP contribution is 2.16. The molecule has 0 aliphatic rings. The molecule has 0 fully saturated rings. The number of nitrogens with zero attached hydrogens (tertiary/aromatic N) is 3. The van der Waals surface area contributed by atoms with Crippen molar-refractivity contribution in [1.82, 2.24) is 14.5 Å². The number of aromatic nitrogens is 3. The first-order chi connectivity index (χ1) is 8.65. The highest BCUT2D eigenvalue weighted by atomic mass is 35.5. The molecule has 0 aliphatic carbocycles. The SMILES string of the molecule is CCS(=O)CCn1c(CCl)nc2ccc(C)nc21. The molecule has 2 rings (SSSR count). The Morgan fingerprint density at radius 3 is 2.83 bits per heavy atom. The smallest absolute Gasteiger partial charge is 0.160 e. The van der Waals surface area contributed by atoms with Crippen LogP contribution in [0.3, 0.4) is 0 Å². The van der Waals surface area contributed by atoms with Crippen molar-refractivity contribution in [2.45, 2.75) is 26.3 Å². The first kappa shape index (κ1) is 13.5. The van der Waals surface area contributed by atoms with Gasteiger partial charge < -0.3 is 4.57 Å². The molecule has 0 amide bonds. The average molecular weight is 286 g/mol. The summed E-state index contributed by atoms with van der Waals surface area (Å²) < 4.78 is 13.5. The van der Waals surface area contributed by atoms with E-state index in [1.807, 2.05) is 30.5 Å². The van der Waals surface area contributed by atoms with Gasteiger partial charge in [-0.05, 0) is 19.1 Å². The van der Waals surface area contributed by atoms with Gasteiger partial charge in [-0.15, -0.1) is 11.6 Å². The lowest BCUT2D eigenvalue weighted by Crippen LogP contribution is -2.11. The van der Waals surface area contributed by atoms with Crippen molar-refractivity contribution >= 4 is 33.6 Å². The Morgan fingerprint density at radius 2 is 2.17 bits per heavy atom. The molecule has 6 heteroatoms. The van der Waals surface area contributed by atoms with Crippen molar-refractivity contribution < 1.29 is 4.21 Å². The molecule has 0 aromatic carbocycles. The number of rotatable bonds is 5. The van der Waals surface area contributed by atoms with E-state index < -0.39 is 10.8 Å². The second-order valence-corrected chi connectivity index (χ2v) is 6.17.